The quantitative estimate of drug-likeness (QED) is 0.572. The minimum absolute atomic E-state index is 0.232. The van der Waals surface area contributed by atoms with Crippen LogP contribution in [0.1, 0.15) is 16.4 Å². The summed E-state index contributed by atoms with van der Waals surface area (Å²) in [6.45, 7) is 1.77. The highest BCUT2D eigenvalue weighted by Gasteiger charge is 2.23. The van der Waals surface area contributed by atoms with E-state index in [-0.39, 0.29) is 11.7 Å². The summed E-state index contributed by atoms with van der Waals surface area (Å²) >= 11 is 0. The lowest BCUT2D eigenvalue weighted by Crippen LogP contribution is -2.29. The van der Waals surface area contributed by atoms with Gasteiger partial charge in [-0.05, 0) is 31.2 Å². The predicted molar refractivity (Wildman–Crippen MR) is 101 cm³/mol. The van der Waals surface area contributed by atoms with Crippen LogP contribution in [0, 0.1) is 6.92 Å². The molecule has 0 bridgehead atoms. The average Bonchev–Trinajstić information content (AvgIpc) is 3.08. The topological polar surface area (TPSA) is 63.9 Å². The number of hydrogen-bond donors (Lipinski definition) is 0. The van der Waals surface area contributed by atoms with Crippen molar-refractivity contribution in [1.82, 2.24) is 19.7 Å². The van der Waals surface area contributed by atoms with Gasteiger partial charge in [-0.3, -0.25) is 9.78 Å². The predicted octanol–water partition coefficient (Wildman–Crippen LogP) is 3.40. The molecule has 2 heterocycles. The van der Waals surface area contributed by atoms with Gasteiger partial charge in [-0.2, -0.15) is 5.10 Å². The zero-order valence-corrected chi connectivity index (χ0v) is 14.5. The second-order valence-corrected chi connectivity index (χ2v) is 5.95. The molecule has 2 aromatic carbocycles. The number of aromatic nitrogens is 4. The van der Waals surface area contributed by atoms with E-state index >= 15 is 0 Å². The number of rotatable bonds is 3. The van der Waals surface area contributed by atoms with Gasteiger partial charge in [-0.1, -0.05) is 36.4 Å². The van der Waals surface area contributed by atoms with E-state index in [1.807, 2.05) is 60.7 Å². The molecule has 0 saturated heterocycles. The fourth-order valence-electron chi connectivity index (χ4n) is 2.90. The van der Waals surface area contributed by atoms with Crippen LogP contribution in [-0.4, -0.2) is 32.7 Å². The summed E-state index contributed by atoms with van der Waals surface area (Å²) in [6.07, 6.45) is 1.73. The second kappa shape index (κ2) is 6.40. The Morgan fingerprint density at radius 2 is 1.77 bits per heavy atom. The van der Waals surface area contributed by atoms with Crippen LogP contribution >= 0.6 is 0 Å². The maximum atomic E-state index is 13.1. The maximum absolute atomic E-state index is 13.1. The van der Waals surface area contributed by atoms with Gasteiger partial charge < -0.3 is 4.90 Å². The summed E-state index contributed by atoms with van der Waals surface area (Å²) in [4.78, 5) is 23.5. The van der Waals surface area contributed by atoms with Crippen LogP contribution < -0.4 is 4.90 Å². The summed E-state index contributed by atoms with van der Waals surface area (Å²) in [5.74, 6) is 0.555. The van der Waals surface area contributed by atoms with Gasteiger partial charge in [0.25, 0.3) is 5.91 Å². The molecule has 1 amide bonds. The molecule has 128 valence electrons. The van der Waals surface area contributed by atoms with Gasteiger partial charge in [0.15, 0.2) is 0 Å². The SMILES string of the molecule is Cc1nc(C(=O)N(C)c2ccccc2)n(-c2cccc3cccnc23)n1. The van der Waals surface area contributed by atoms with E-state index < -0.39 is 0 Å². The molecular formula is C20H17N5O. The molecular weight excluding hydrogens is 326 g/mol. The minimum atomic E-state index is -0.232. The molecule has 0 spiro atoms. The van der Waals surface area contributed by atoms with E-state index in [2.05, 4.69) is 15.1 Å². The molecule has 2 aromatic heterocycles. The van der Waals surface area contributed by atoms with Crippen molar-refractivity contribution in [3.8, 4) is 5.69 Å². The van der Waals surface area contributed by atoms with E-state index in [0.29, 0.717) is 5.82 Å². The lowest BCUT2D eigenvalue weighted by Gasteiger charge is -2.17. The molecule has 26 heavy (non-hydrogen) atoms. The molecule has 0 N–H and O–H groups in total. The molecule has 0 fully saturated rings. The highest BCUT2D eigenvalue weighted by molar-refractivity contribution is 6.04. The van der Waals surface area contributed by atoms with Gasteiger partial charge >= 0.3 is 0 Å². The zero-order valence-electron chi connectivity index (χ0n) is 14.5. The van der Waals surface area contributed by atoms with Crippen molar-refractivity contribution in [3.63, 3.8) is 0 Å². The van der Waals surface area contributed by atoms with Gasteiger partial charge in [0.05, 0.1) is 11.2 Å². The number of anilines is 1. The molecule has 6 heteroatoms. The average molecular weight is 343 g/mol. The normalized spacial score (nSPS) is 10.8. The summed E-state index contributed by atoms with van der Waals surface area (Å²) in [6, 6.07) is 19.1. The Labute approximate surface area is 150 Å². The Kier molecular flexibility index (Phi) is 3.93. The van der Waals surface area contributed by atoms with E-state index in [0.717, 1.165) is 22.3 Å². The minimum Gasteiger partial charge on any atom is -0.309 e. The Bertz CT molecular complexity index is 1080. The number of hydrogen-bond acceptors (Lipinski definition) is 4. The molecule has 0 aliphatic carbocycles. The van der Waals surface area contributed by atoms with Crippen molar-refractivity contribution < 1.29 is 4.79 Å². The smallest absolute Gasteiger partial charge is 0.295 e. The number of aryl methyl sites for hydroxylation is 1. The molecule has 0 unspecified atom stereocenters. The Hall–Kier alpha value is -3.54. The van der Waals surface area contributed by atoms with E-state index in [4.69, 9.17) is 0 Å². The fourth-order valence-corrected chi connectivity index (χ4v) is 2.90. The van der Waals surface area contributed by atoms with Crippen LogP contribution in [0.25, 0.3) is 16.6 Å². The number of fused-ring (bicyclic) bond motifs is 1. The van der Waals surface area contributed by atoms with Crippen LogP contribution in [0.3, 0.4) is 0 Å². The van der Waals surface area contributed by atoms with Crippen molar-refractivity contribution in [1.29, 1.82) is 0 Å². The second-order valence-electron chi connectivity index (χ2n) is 5.95. The number of carbonyl (C=O) groups is 1. The third kappa shape index (κ3) is 2.71. The highest BCUT2D eigenvalue weighted by atomic mass is 16.2. The lowest BCUT2D eigenvalue weighted by atomic mass is 10.2. The first-order valence-corrected chi connectivity index (χ1v) is 8.26. The fraction of sp³-hybridized carbons (Fsp3) is 0.100. The number of amides is 1. The molecule has 6 nitrogen and oxygen atoms in total. The van der Waals surface area contributed by atoms with Crippen LogP contribution in [0.2, 0.25) is 0 Å². The van der Waals surface area contributed by atoms with Crippen molar-refractivity contribution in [3.05, 3.63) is 78.5 Å². The number of pyridine rings is 1. The molecule has 0 atom stereocenters. The van der Waals surface area contributed by atoms with Gasteiger partial charge in [0.1, 0.15) is 5.82 Å². The molecule has 4 rings (SSSR count). The number of carbonyl (C=O) groups excluding carboxylic acids is 1. The van der Waals surface area contributed by atoms with Crippen molar-refractivity contribution in [2.24, 2.45) is 0 Å². The summed E-state index contributed by atoms with van der Waals surface area (Å²) in [5.41, 5.74) is 2.30. The molecule has 4 aromatic rings. The Morgan fingerprint density at radius 3 is 2.58 bits per heavy atom. The van der Waals surface area contributed by atoms with Gasteiger partial charge in [-0.25, -0.2) is 9.67 Å². The van der Waals surface area contributed by atoms with Gasteiger partial charge in [-0.15, -0.1) is 0 Å². The molecule has 0 radical (unpaired) electrons. The lowest BCUT2D eigenvalue weighted by molar-refractivity contribution is 0.0980. The first kappa shape index (κ1) is 16.0. The maximum Gasteiger partial charge on any atom is 0.295 e. The third-order valence-electron chi connectivity index (χ3n) is 4.19. The summed E-state index contributed by atoms with van der Waals surface area (Å²) < 4.78 is 1.58. The highest BCUT2D eigenvalue weighted by Crippen LogP contribution is 2.22. The van der Waals surface area contributed by atoms with Crippen LogP contribution in [0.15, 0.2) is 66.9 Å². The van der Waals surface area contributed by atoms with Crippen LogP contribution in [0.5, 0.6) is 0 Å². The first-order valence-electron chi connectivity index (χ1n) is 8.26. The van der Waals surface area contributed by atoms with Gasteiger partial charge in [0.2, 0.25) is 5.82 Å². The molecule has 0 aliphatic heterocycles. The van der Waals surface area contributed by atoms with Crippen molar-refractivity contribution >= 4 is 22.5 Å². The molecule has 0 aliphatic rings. The monoisotopic (exact) mass is 343 g/mol. The first-order chi connectivity index (χ1) is 12.6. The van der Waals surface area contributed by atoms with E-state index in [1.165, 1.54) is 0 Å². The van der Waals surface area contributed by atoms with E-state index in [1.54, 1.807) is 29.7 Å². The number of benzene rings is 2. The number of nitrogens with zero attached hydrogens (tertiary/aromatic N) is 5. The van der Waals surface area contributed by atoms with Crippen molar-refractivity contribution in [2.75, 3.05) is 11.9 Å². The third-order valence-corrected chi connectivity index (χ3v) is 4.19. The Morgan fingerprint density at radius 1 is 1.00 bits per heavy atom. The van der Waals surface area contributed by atoms with E-state index in [9.17, 15) is 4.79 Å². The summed E-state index contributed by atoms with van der Waals surface area (Å²) in [7, 11) is 1.73. The standard InChI is InChI=1S/C20H17N5O/c1-14-22-19(20(26)24(2)16-10-4-3-5-11-16)25(23-14)17-12-6-8-15-9-7-13-21-18(15)17/h3-13H,1-2H3. The van der Waals surface area contributed by atoms with Crippen LogP contribution in [0.4, 0.5) is 5.69 Å². The van der Waals surface area contributed by atoms with Gasteiger partial charge in [0, 0.05) is 24.3 Å². The number of para-hydroxylation sites is 2. The summed E-state index contributed by atoms with van der Waals surface area (Å²) in [5, 5.41) is 5.43. The Balaban J connectivity index is 1.84. The van der Waals surface area contributed by atoms with Crippen molar-refractivity contribution in [2.45, 2.75) is 6.92 Å². The zero-order chi connectivity index (χ0) is 18.1. The largest absolute Gasteiger partial charge is 0.309 e. The molecule has 0 saturated carbocycles. The van der Waals surface area contributed by atoms with Crippen LogP contribution in [-0.2, 0) is 0 Å².